The first kappa shape index (κ1) is 19.9. The van der Waals surface area contributed by atoms with Gasteiger partial charge < -0.3 is 9.84 Å². The molecule has 3 aromatic carbocycles. The highest BCUT2D eigenvalue weighted by atomic mass is 16.5. The van der Waals surface area contributed by atoms with Crippen LogP contribution in [0.5, 0.6) is 0 Å². The fourth-order valence-electron chi connectivity index (χ4n) is 4.46. The first-order valence-electron chi connectivity index (χ1n) is 9.97. The van der Waals surface area contributed by atoms with Crippen LogP contribution >= 0.6 is 0 Å². The van der Waals surface area contributed by atoms with Gasteiger partial charge in [-0.25, -0.2) is 0 Å². The van der Waals surface area contributed by atoms with Crippen LogP contribution in [0.4, 0.5) is 0 Å². The summed E-state index contributed by atoms with van der Waals surface area (Å²) in [5, 5.41) is 11.4. The van der Waals surface area contributed by atoms with Gasteiger partial charge >= 0.3 is 5.97 Å². The van der Waals surface area contributed by atoms with Crippen molar-refractivity contribution in [1.29, 1.82) is 0 Å². The zero-order valence-corrected chi connectivity index (χ0v) is 17.1. The first-order valence-corrected chi connectivity index (χ1v) is 9.97. The number of aliphatic hydroxyl groups excluding tert-OH is 1. The number of esters is 1. The molecule has 4 rings (SSSR count). The van der Waals surface area contributed by atoms with E-state index in [2.05, 4.69) is 0 Å². The normalized spacial score (nSPS) is 21.2. The maximum Gasteiger partial charge on any atom is 0.323 e. The van der Waals surface area contributed by atoms with E-state index in [0.717, 1.165) is 27.8 Å². The summed E-state index contributed by atoms with van der Waals surface area (Å²) in [6, 6.07) is 29.2. The average Bonchev–Trinajstić information content (AvgIpc) is 2.80. The number of aliphatic hydroxyl groups is 1. The minimum atomic E-state index is -1.39. The summed E-state index contributed by atoms with van der Waals surface area (Å²) in [6.07, 6.45) is 0.689. The lowest BCUT2D eigenvalue weighted by molar-refractivity contribution is -0.148. The number of allylic oxidation sites excluding steroid dienone is 2. The zero-order chi connectivity index (χ0) is 21.1. The Balaban J connectivity index is 2.18. The van der Waals surface area contributed by atoms with E-state index in [1.54, 1.807) is 6.08 Å². The van der Waals surface area contributed by atoms with Gasteiger partial charge in [-0.1, -0.05) is 97.1 Å². The molecule has 3 aromatic rings. The van der Waals surface area contributed by atoms with Gasteiger partial charge in [-0.15, -0.1) is 0 Å². The molecule has 0 aliphatic heterocycles. The second-order valence-electron chi connectivity index (χ2n) is 7.44. The van der Waals surface area contributed by atoms with Gasteiger partial charge in [0.05, 0.1) is 13.2 Å². The molecular formula is C27H24O3. The Morgan fingerprint density at radius 1 is 0.833 bits per heavy atom. The lowest BCUT2D eigenvalue weighted by Crippen LogP contribution is -2.49. The van der Waals surface area contributed by atoms with E-state index in [4.69, 9.17) is 4.74 Å². The highest BCUT2D eigenvalue weighted by Gasteiger charge is 2.53. The average molecular weight is 396 g/mol. The largest absolute Gasteiger partial charge is 0.468 e. The Hall–Kier alpha value is -3.43. The minimum absolute atomic E-state index is 0.489. The van der Waals surface area contributed by atoms with Crippen molar-refractivity contribution in [2.24, 2.45) is 0 Å². The van der Waals surface area contributed by atoms with Crippen LogP contribution in [0.1, 0.15) is 23.6 Å². The van der Waals surface area contributed by atoms with Gasteiger partial charge in [0.25, 0.3) is 0 Å². The molecule has 150 valence electrons. The summed E-state index contributed by atoms with van der Waals surface area (Å²) in [5.41, 5.74) is 3.77. The Bertz CT molecular complexity index is 1100. The van der Waals surface area contributed by atoms with Crippen molar-refractivity contribution >= 4 is 17.1 Å². The molecule has 0 saturated heterocycles. The third-order valence-electron chi connectivity index (χ3n) is 5.75. The third-order valence-corrected chi connectivity index (χ3v) is 5.75. The monoisotopic (exact) mass is 396 g/mol. The van der Waals surface area contributed by atoms with Gasteiger partial charge in [-0.2, -0.15) is 0 Å². The molecule has 0 aromatic heterocycles. The van der Waals surface area contributed by atoms with E-state index in [-0.39, 0.29) is 0 Å². The number of methoxy groups -OCH3 is 1. The molecule has 0 heterocycles. The molecule has 1 aliphatic carbocycles. The van der Waals surface area contributed by atoms with Crippen LogP contribution in [-0.2, 0) is 14.9 Å². The molecule has 0 fully saturated rings. The van der Waals surface area contributed by atoms with Crippen LogP contribution in [0, 0.1) is 0 Å². The van der Waals surface area contributed by atoms with Crippen LogP contribution in [0.15, 0.2) is 103 Å². The first-order chi connectivity index (χ1) is 14.6. The zero-order valence-electron chi connectivity index (χ0n) is 17.1. The number of benzene rings is 3. The molecule has 2 atom stereocenters. The van der Waals surface area contributed by atoms with Crippen molar-refractivity contribution in [3.05, 3.63) is 119 Å². The summed E-state index contributed by atoms with van der Waals surface area (Å²) in [7, 11) is 1.37. The minimum Gasteiger partial charge on any atom is -0.468 e. The van der Waals surface area contributed by atoms with Crippen molar-refractivity contribution in [3.63, 3.8) is 0 Å². The molecular weight excluding hydrogens is 372 g/mol. The van der Waals surface area contributed by atoms with Crippen molar-refractivity contribution in [1.82, 2.24) is 0 Å². The Kier molecular flexibility index (Phi) is 5.39. The second-order valence-corrected chi connectivity index (χ2v) is 7.44. The molecule has 0 saturated carbocycles. The quantitative estimate of drug-likeness (QED) is 0.629. The van der Waals surface area contributed by atoms with Gasteiger partial charge in [0.1, 0.15) is 5.41 Å². The molecule has 0 radical (unpaired) electrons. The molecule has 1 N–H and O–H groups in total. The maximum absolute atomic E-state index is 13.5. The number of hydrogen-bond donors (Lipinski definition) is 1. The fraction of sp³-hybridized carbons (Fsp3) is 0.148. The number of rotatable bonds is 4. The molecule has 3 heteroatoms. The SMILES string of the molecule is COC(=O)C1(c2ccccc2)C(c2ccccc2)=C(c2ccccc2)C(C)=CC1O. The highest BCUT2D eigenvalue weighted by Crippen LogP contribution is 2.51. The van der Waals surface area contributed by atoms with Crippen molar-refractivity contribution in [2.45, 2.75) is 18.4 Å². The standard InChI is InChI=1S/C27H24O3/c1-19-18-23(28)27(26(29)30-2,22-16-10-5-11-17-22)25(21-14-8-4-9-15-21)24(19)20-12-6-3-7-13-20/h3-18,23,28H,1-2H3. The lowest BCUT2D eigenvalue weighted by Gasteiger charge is -2.42. The number of carbonyl (C=O) groups is 1. The van der Waals surface area contributed by atoms with Crippen LogP contribution in [-0.4, -0.2) is 24.3 Å². The number of hydrogen-bond acceptors (Lipinski definition) is 3. The molecule has 2 unspecified atom stereocenters. The number of carbonyl (C=O) groups excluding carboxylic acids is 1. The van der Waals surface area contributed by atoms with Gasteiger partial charge in [0, 0.05) is 0 Å². The maximum atomic E-state index is 13.5. The second kappa shape index (κ2) is 8.13. The van der Waals surface area contributed by atoms with Crippen LogP contribution in [0.3, 0.4) is 0 Å². The van der Waals surface area contributed by atoms with Gasteiger partial charge in [0.15, 0.2) is 0 Å². The molecule has 0 bridgehead atoms. The van der Waals surface area contributed by atoms with E-state index < -0.39 is 17.5 Å². The molecule has 3 nitrogen and oxygen atoms in total. The lowest BCUT2D eigenvalue weighted by atomic mass is 9.62. The van der Waals surface area contributed by atoms with Crippen LogP contribution in [0.2, 0.25) is 0 Å². The predicted octanol–water partition coefficient (Wildman–Crippen LogP) is 5.03. The molecule has 0 spiro atoms. The van der Waals surface area contributed by atoms with Crippen molar-refractivity contribution in [2.75, 3.05) is 7.11 Å². The summed E-state index contributed by atoms with van der Waals surface area (Å²) in [6.45, 7) is 1.97. The summed E-state index contributed by atoms with van der Waals surface area (Å²) < 4.78 is 5.33. The van der Waals surface area contributed by atoms with Crippen LogP contribution in [0.25, 0.3) is 11.1 Å². The third kappa shape index (κ3) is 3.08. The van der Waals surface area contributed by atoms with E-state index in [1.165, 1.54) is 7.11 Å². The fourth-order valence-corrected chi connectivity index (χ4v) is 4.46. The summed E-state index contributed by atoms with van der Waals surface area (Å²) in [4.78, 5) is 13.5. The van der Waals surface area contributed by atoms with Crippen molar-refractivity contribution < 1.29 is 14.6 Å². The molecule has 0 amide bonds. The Morgan fingerprint density at radius 3 is 1.87 bits per heavy atom. The van der Waals surface area contributed by atoms with Gasteiger partial charge in [0.2, 0.25) is 0 Å². The van der Waals surface area contributed by atoms with E-state index in [1.807, 2.05) is 97.9 Å². The van der Waals surface area contributed by atoms with E-state index in [9.17, 15) is 9.90 Å². The Labute approximate surface area is 177 Å². The Morgan fingerprint density at radius 2 is 1.33 bits per heavy atom. The van der Waals surface area contributed by atoms with E-state index >= 15 is 0 Å². The van der Waals surface area contributed by atoms with Crippen molar-refractivity contribution in [3.8, 4) is 0 Å². The summed E-state index contributed by atoms with van der Waals surface area (Å²) >= 11 is 0. The molecule has 1 aliphatic rings. The van der Waals surface area contributed by atoms with Gasteiger partial charge in [-0.05, 0) is 40.3 Å². The summed E-state index contributed by atoms with van der Waals surface area (Å²) in [5.74, 6) is -0.489. The smallest absolute Gasteiger partial charge is 0.323 e. The number of ether oxygens (including phenoxy) is 1. The van der Waals surface area contributed by atoms with Crippen LogP contribution < -0.4 is 0 Å². The molecule has 30 heavy (non-hydrogen) atoms. The highest BCUT2D eigenvalue weighted by molar-refractivity contribution is 6.12. The van der Waals surface area contributed by atoms with Gasteiger partial charge in [-0.3, -0.25) is 4.79 Å². The topological polar surface area (TPSA) is 46.5 Å². The predicted molar refractivity (Wildman–Crippen MR) is 120 cm³/mol. The van der Waals surface area contributed by atoms with E-state index in [0.29, 0.717) is 5.56 Å².